The highest BCUT2D eigenvalue weighted by molar-refractivity contribution is 6.00. The van der Waals surface area contributed by atoms with Gasteiger partial charge in [-0.15, -0.1) is 0 Å². The van der Waals surface area contributed by atoms with Crippen molar-refractivity contribution in [3.8, 4) is 0 Å². The van der Waals surface area contributed by atoms with Crippen molar-refractivity contribution in [1.29, 1.82) is 0 Å². The van der Waals surface area contributed by atoms with Crippen molar-refractivity contribution in [1.82, 2.24) is 19.9 Å². The van der Waals surface area contributed by atoms with Crippen molar-refractivity contribution >= 4 is 11.4 Å². The van der Waals surface area contributed by atoms with E-state index in [0.717, 1.165) is 19.3 Å². The number of nitrogens with zero attached hydrogens (tertiary/aromatic N) is 3. The molecule has 0 aromatic carbocycles. The predicted molar refractivity (Wildman–Crippen MR) is 68.7 cm³/mol. The summed E-state index contributed by atoms with van der Waals surface area (Å²) >= 11 is 0. The van der Waals surface area contributed by atoms with Gasteiger partial charge in [0.15, 0.2) is 0 Å². The van der Waals surface area contributed by atoms with Gasteiger partial charge in [-0.25, -0.2) is 4.52 Å². The number of hydrogen-bond donors (Lipinski definition) is 2. The number of carbonyl (C=O) groups excluding carboxylic acids is 1. The first-order valence-corrected chi connectivity index (χ1v) is 6.41. The van der Waals surface area contributed by atoms with E-state index >= 15 is 0 Å². The number of nitrogens with one attached hydrogen (secondary N) is 1. The van der Waals surface area contributed by atoms with Crippen molar-refractivity contribution in [2.45, 2.75) is 19.3 Å². The molecule has 0 radical (unpaired) electrons. The van der Waals surface area contributed by atoms with Crippen molar-refractivity contribution in [2.75, 3.05) is 13.2 Å². The van der Waals surface area contributed by atoms with Gasteiger partial charge in [-0.3, -0.25) is 9.78 Å². The highest BCUT2D eigenvalue weighted by Gasteiger charge is 2.42. The third-order valence-corrected chi connectivity index (χ3v) is 3.79. The van der Waals surface area contributed by atoms with E-state index in [1.807, 2.05) is 0 Å². The molecular weight excluding hydrogens is 244 g/mol. The van der Waals surface area contributed by atoms with Gasteiger partial charge in [0, 0.05) is 25.5 Å². The molecule has 1 aliphatic carbocycles. The molecule has 0 unspecified atom stereocenters. The number of aromatic nitrogens is 3. The molecule has 0 aliphatic heterocycles. The van der Waals surface area contributed by atoms with Gasteiger partial charge < -0.3 is 10.4 Å². The summed E-state index contributed by atoms with van der Waals surface area (Å²) in [5.41, 5.74) is 1.35. The third kappa shape index (κ3) is 2.31. The summed E-state index contributed by atoms with van der Waals surface area (Å²) in [4.78, 5) is 16.1. The largest absolute Gasteiger partial charge is 0.396 e. The average molecular weight is 260 g/mol. The van der Waals surface area contributed by atoms with Crippen LogP contribution in [0.2, 0.25) is 0 Å². The van der Waals surface area contributed by atoms with Crippen LogP contribution in [0, 0.1) is 5.41 Å². The van der Waals surface area contributed by atoms with E-state index in [1.165, 1.54) is 0 Å². The second-order valence-electron chi connectivity index (χ2n) is 5.12. The van der Waals surface area contributed by atoms with E-state index in [4.69, 9.17) is 5.11 Å². The van der Waals surface area contributed by atoms with Crippen LogP contribution < -0.4 is 5.32 Å². The molecule has 2 aromatic heterocycles. The number of fused-ring (bicyclic) bond motifs is 1. The SMILES string of the molecule is O=C(NCC1(CCO)CC1)c1cnn2ccncc12. The number of aliphatic hydroxyl groups is 1. The van der Waals surface area contributed by atoms with Gasteiger partial charge in [-0.2, -0.15) is 5.10 Å². The van der Waals surface area contributed by atoms with Crippen LogP contribution in [-0.4, -0.2) is 38.8 Å². The Morgan fingerprint density at radius 1 is 1.47 bits per heavy atom. The number of aliphatic hydroxyl groups excluding tert-OH is 1. The Bertz CT molecular complexity index is 603. The molecule has 0 saturated heterocycles. The zero-order chi connectivity index (χ0) is 13.3. The molecule has 2 aromatic rings. The Morgan fingerprint density at radius 2 is 2.32 bits per heavy atom. The summed E-state index contributed by atoms with van der Waals surface area (Å²) in [6.07, 6.45) is 9.42. The number of amides is 1. The lowest BCUT2D eigenvalue weighted by Crippen LogP contribution is -2.30. The van der Waals surface area contributed by atoms with Crippen LogP contribution in [0.3, 0.4) is 0 Å². The molecule has 100 valence electrons. The lowest BCUT2D eigenvalue weighted by Gasteiger charge is -2.14. The van der Waals surface area contributed by atoms with Crippen molar-refractivity contribution in [3.05, 3.63) is 30.4 Å². The van der Waals surface area contributed by atoms with Crippen LogP contribution >= 0.6 is 0 Å². The van der Waals surface area contributed by atoms with Gasteiger partial charge in [0.25, 0.3) is 5.91 Å². The van der Waals surface area contributed by atoms with Crippen LogP contribution in [0.25, 0.3) is 5.52 Å². The van der Waals surface area contributed by atoms with Crippen LogP contribution in [0.1, 0.15) is 29.6 Å². The van der Waals surface area contributed by atoms with E-state index in [0.29, 0.717) is 17.6 Å². The molecule has 0 bridgehead atoms. The molecule has 1 amide bonds. The third-order valence-electron chi connectivity index (χ3n) is 3.79. The molecule has 1 aliphatic rings. The normalized spacial score (nSPS) is 16.5. The fourth-order valence-corrected chi connectivity index (χ4v) is 2.30. The van der Waals surface area contributed by atoms with Crippen LogP contribution in [0.5, 0.6) is 0 Å². The van der Waals surface area contributed by atoms with Gasteiger partial charge in [0.1, 0.15) is 0 Å². The van der Waals surface area contributed by atoms with E-state index in [9.17, 15) is 4.79 Å². The maximum Gasteiger partial charge on any atom is 0.255 e. The zero-order valence-corrected chi connectivity index (χ0v) is 10.5. The Hall–Kier alpha value is -1.95. The molecule has 19 heavy (non-hydrogen) atoms. The summed E-state index contributed by atoms with van der Waals surface area (Å²) in [6, 6.07) is 0. The van der Waals surface area contributed by atoms with E-state index in [2.05, 4.69) is 15.4 Å². The van der Waals surface area contributed by atoms with Gasteiger partial charge in [-0.05, 0) is 24.7 Å². The predicted octanol–water partition coefficient (Wildman–Crippen LogP) is 0.622. The second kappa shape index (κ2) is 4.62. The summed E-state index contributed by atoms with van der Waals surface area (Å²) in [5, 5.41) is 16.0. The second-order valence-corrected chi connectivity index (χ2v) is 5.12. The summed E-state index contributed by atoms with van der Waals surface area (Å²) in [7, 11) is 0. The summed E-state index contributed by atoms with van der Waals surface area (Å²) in [6.45, 7) is 0.792. The van der Waals surface area contributed by atoms with E-state index < -0.39 is 0 Å². The lowest BCUT2D eigenvalue weighted by atomic mass is 10.0. The minimum absolute atomic E-state index is 0.117. The van der Waals surface area contributed by atoms with Gasteiger partial charge in [0.05, 0.1) is 23.5 Å². The number of hydrogen-bond acceptors (Lipinski definition) is 4. The first-order valence-electron chi connectivity index (χ1n) is 6.41. The Balaban J connectivity index is 1.71. The Labute approximate surface area is 110 Å². The van der Waals surface area contributed by atoms with Gasteiger partial charge in [-0.1, -0.05) is 0 Å². The van der Waals surface area contributed by atoms with Crippen LogP contribution in [0.15, 0.2) is 24.8 Å². The molecule has 3 rings (SSSR count). The molecule has 1 saturated carbocycles. The molecule has 1 fully saturated rings. The zero-order valence-electron chi connectivity index (χ0n) is 10.5. The van der Waals surface area contributed by atoms with Crippen molar-refractivity contribution < 1.29 is 9.90 Å². The van der Waals surface area contributed by atoms with Crippen LogP contribution in [-0.2, 0) is 0 Å². The van der Waals surface area contributed by atoms with Crippen LogP contribution in [0.4, 0.5) is 0 Å². The minimum Gasteiger partial charge on any atom is -0.396 e. The molecule has 0 atom stereocenters. The average Bonchev–Trinajstić information content (AvgIpc) is 3.05. The standard InChI is InChI=1S/C13H16N4O2/c18-6-3-13(1-2-13)9-15-12(19)10-7-16-17-5-4-14-8-11(10)17/h4-5,7-8,18H,1-3,6,9H2,(H,15,19). The lowest BCUT2D eigenvalue weighted by molar-refractivity contribution is 0.0942. The van der Waals surface area contributed by atoms with E-state index in [1.54, 1.807) is 29.3 Å². The molecule has 6 heteroatoms. The first kappa shape index (κ1) is 12.1. The van der Waals surface area contributed by atoms with Gasteiger partial charge in [0.2, 0.25) is 0 Å². The maximum atomic E-state index is 12.1. The minimum atomic E-state index is -0.132. The summed E-state index contributed by atoms with van der Waals surface area (Å²) in [5.74, 6) is -0.132. The monoisotopic (exact) mass is 260 g/mol. The maximum absolute atomic E-state index is 12.1. The van der Waals surface area contributed by atoms with Crippen molar-refractivity contribution in [2.24, 2.45) is 5.41 Å². The highest BCUT2D eigenvalue weighted by Crippen LogP contribution is 2.47. The molecule has 6 nitrogen and oxygen atoms in total. The number of rotatable bonds is 5. The molecule has 2 N–H and O–H groups in total. The molecule has 0 spiro atoms. The van der Waals surface area contributed by atoms with Crippen molar-refractivity contribution in [3.63, 3.8) is 0 Å². The Morgan fingerprint density at radius 3 is 3.05 bits per heavy atom. The Kier molecular flexibility index (Phi) is 2.94. The number of carbonyl (C=O) groups is 1. The smallest absolute Gasteiger partial charge is 0.255 e. The summed E-state index contributed by atoms with van der Waals surface area (Å²) < 4.78 is 1.63. The quantitative estimate of drug-likeness (QED) is 0.826. The fraction of sp³-hybridized carbons (Fsp3) is 0.462. The topological polar surface area (TPSA) is 79.5 Å². The highest BCUT2D eigenvalue weighted by atomic mass is 16.3. The van der Waals surface area contributed by atoms with E-state index in [-0.39, 0.29) is 17.9 Å². The van der Waals surface area contributed by atoms with Gasteiger partial charge >= 0.3 is 0 Å². The molecular formula is C13H16N4O2. The fourth-order valence-electron chi connectivity index (χ4n) is 2.30. The molecule has 2 heterocycles. The first-order chi connectivity index (χ1) is 9.24.